The first-order valence-electron chi connectivity index (χ1n) is 7.72. The summed E-state index contributed by atoms with van der Waals surface area (Å²) in [5.41, 5.74) is 0. The van der Waals surface area contributed by atoms with E-state index in [1.54, 1.807) is 0 Å². The molecule has 1 saturated heterocycles. The predicted molar refractivity (Wildman–Crippen MR) is 76.4 cm³/mol. The molecular weight excluding hydrogens is 208 g/mol. The largest absolute Gasteiger partial charge is 0.314 e. The van der Waals surface area contributed by atoms with Crippen molar-refractivity contribution in [3.63, 3.8) is 0 Å². The van der Waals surface area contributed by atoms with Crippen LogP contribution in [0.25, 0.3) is 0 Å². The molecule has 0 aromatic carbocycles. The maximum absolute atomic E-state index is 3.65. The fourth-order valence-electron chi connectivity index (χ4n) is 2.85. The summed E-state index contributed by atoms with van der Waals surface area (Å²) in [6.45, 7) is 12.1. The minimum atomic E-state index is 0.747. The summed E-state index contributed by atoms with van der Waals surface area (Å²) < 4.78 is 0. The third-order valence-electron chi connectivity index (χ3n) is 3.94. The van der Waals surface area contributed by atoms with Crippen LogP contribution in [0, 0.1) is 5.92 Å². The Morgan fingerprint density at radius 2 is 2.18 bits per heavy atom. The summed E-state index contributed by atoms with van der Waals surface area (Å²) in [4.78, 5) is 2.67. The summed E-state index contributed by atoms with van der Waals surface area (Å²) in [5.74, 6) is 0.920. The Labute approximate surface area is 108 Å². The number of rotatable bonds is 8. The number of hydrogen-bond donors (Lipinski definition) is 1. The fraction of sp³-hybridized carbons (Fsp3) is 1.00. The Bertz CT molecular complexity index is 182. The van der Waals surface area contributed by atoms with Crippen LogP contribution < -0.4 is 5.32 Å². The molecule has 0 saturated carbocycles. The van der Waals surface area contributed by atoms with Gasteiger partial charge < -0.3 is 10.2 Å². The van der Waals surface area contributed by atoms with Crippen LogP contribution in [-0.2, 0) is 0 Å². The normalized spacial score (nSPS) is 23.8. The third-order valence-corrected chi connectivity index (χ3v) is 3.94. The van der Waals surface area contributed by atoms with Crippen LogP contribution in [-0.4, -0.2) is 37.1 Å². The van der Waals surface area contributed by atoms with Crippen molar-refractivity contribution in [2.24, 2.45) is 5.92 Å². The molecule has 0 aromatic rings. The first-order valence-corrected chi connectivity index (χ1v) is 7.72. The number of piperidine rings is 1. The molecule has 1 aliphatic heterocycles. The quantitative estimate of drug-likeness (QED) is 0.700. The molecule has 102 valence electrons. The van der Waals surface area contributed by atoms with Gasteiger partial charge in [-0.1, -0.05) is 20.8 Å². The Hall–Kier alpha value is -0.0800. The van der Waals surface area contributed by atoms with E-state index >= 15 is 0 Å². The van der Waals surface area contributed by atoms with Crippen molar-refractivity contribution < 1.29 is 0 Å². The predicted octanol–water partition coefficient (Wildman–Crippen LogP) is 3.28. The van der Waals surface area contributed by atoms with Gasteiger partial charge in [-0.2, -0.15) is 0 Å². The maximum Gasteiger partial charge on any atom is 0.00649 e. The number of nitrogens with one attached hydrogen (secondary N) is 1. The van der Waals surface area contributed by atoms with Crippen molar-refractivity contribution >= 4 is 0 Å². The summed E-state index contributed by atoms with van der Waals surface area (Å²) in [6.07, 6.45) is 8.08. The highest BCUT2D eigenvalue weighted by atomic mass is 15.1. The maximum atomic E-state index is 3.65. The Morgan fingerprint density at radius 3 is 2.82 bits per heavy atom. The first-order chi connectivity index (χ1) is 8.26. The lowest BCUT2D eigenvalue weighted by Gasteiger charge is -2.31. The Morgan fingerprint density at radius 1 is 1.35 bits per heavy atom. The topological polar surface area (TPSA) is 15.3 Å². The highest BCUT2D eigenvalue weighted by Crippen LogP contribution is 2.16. The second-order valence-electron chi connectivity index (χ2n) is 5.75. The van der Waals surface area contributed by atoms with Gasteiger partial charge in [-0.3, -0.25) is 0 Å². The van der Waals surface area contributed by atoms with E-state index in [-0.39, 0.29) is 0 Å². The summed E-state index contributed by atoms with van der Waals surface area (Å²) in [7, 11) is 0. The molecule has 0 amide bonds. The van der Waals surface area contributed by atoms with Crippen molar-refractivity contribution in [3.8, 4) is 0 Å². The van der Waals surface area contributed by atoms with Gasteiger partial charge in [-0.15, -0.1) is 0 Å². The fourth-order valence-corrected chi connectivity index (χ4v) is 2.85. The molecule has 0 aromatic heterocycles. The minimum Gasteiger partial charge on any atom is -0.314 e. The van der Waals surface area contributed by atoms with Gasteiger partial charge in [0.1, 0.15) is 0 Å². The molecular formula is C15H32N2. The number of likely N-dealkylation sites (tertiary alicyclic amines) is 1. The molecule has 2 heteroatoms. The Kier molecular flexibility index (Phi) is 7.87. The third kappa shape index (κ3) is 6.42. The molecule has 17 heavy (non-hydrogen) atoms. The average Bonchev–Trinajstić information content (AvgIpc) is 2.33. The van der Waals surface area contributed by atoms with Crippen LogP contribution in [0.5, 0.6) is 0 Å². The zero-order valence-electron chi connectivity index (χ0n) is 12.2. The van der Waals surface area contributed by atoms with Crippen molar-refractivity contribution in [1.82, 2.24) is 10.2 Å². The number of hydrogen-bond acceptors (Lipinski definition) is 2. The van der Waals surface area contributed by atoms with Gasteiger partial charge in [-0.25, -0.2) is 0 Å². The number of nitrogens with zero attached hydrogens (tertiary/aromatic N) is 1. The van der Waals surface area contributed by atoms with Crippen molar-refractivity contribution in [3.05, 3.63) is 0 Å². The molecule has 1 heterocycles. The highest BCUT2D eigenvalue weighted by molar-refractivity contribution is 4.71. The standard InChI is InChI=1S/C15H32N2/c1-4-10-16-15(5-2)9-7-12-17-11-6-8-14(3)13-17/h14-16H,4-13H2,1-3H3. The molecule has 2 unspecified atom stereocenters. The molecule has 1 N–H and O–H groups in total. The molecule has 1 fully saturated rings. The van der Waals surface area contributed by atoms with E-state index in [1.165, 1.54) is 64.7 Å². The minimum absolute atomic E-state index is 0.747. The van der Waals surface area contributed by atoms with Crippen molar-refractivity contribution in [2.45, 2.75) is 65.3 Å². The van der Waals surface area contributed by atoms with Gasteiger partial charge in [-0.05, 0) is 64.1 Å². The molecule has 2 atom stereocenters. The SMILES string of the molecule is CCCNC(CC)CCCN1CCCC(C)C1. The Balaban J connectivity index is 2.08. The molecule has 0 radical (unpaired) electrons. The van der Waals surface area contributed by atoms with Crippen LogP contribution in [0.4, 0.5) is 0 Å². The molecule has 0 aliphatic carbocycles. The lowest BCUT2D eigenvalue weighted by atomic mass is 10.00. The van der Waals surface area contributed by atoms with E-state index in [0.717, 1.165) is 12.0 Å². The molecule has 1 rings (SSSR count). The van der Waals surface area contributed by atoms with Gasteiger partial charge in [0.25, 0.3) is 0 Å². The highest BCUT2D eigenvalue weighted by Gasteiger charge is 2.15. The molecule has 1 aliphatic rings. The van der Waals surface area contributed by atoms with Crippen molar-refractivity contribution in [2.75, 3.05) is 26.2 Å². The van der Waals surface area contributed by atoms with Crippen LogP contribution in [0.2, 0.25) is 0 Å². The lowest BCUT2D eigenvalue weighted by Crippen LogP contribution is -2.36. The van der Waals surface area contributed by atoms with Crippen LogP contribution in [0.1, 0.15) is 59.3 Å². The van der Waals surface area contributed by atoms with Gasteiger partial charge in [0.15, 0.2) is 0 Å². The summed E-state index contributed by atoms with van der Waals surface area (Å²) >= 11 is 0. The van der Waals surface area contributed by atoms with E-state index in [2.05, 4.69) is 31.0 Å². The van der Waals surface area contributed by atoms with Gasteiger partial charge in [0.05, 0.1) is 0 Å². The average molecular weight is 240 g/mol. The van der Waals surface area contributed by atoms with Crippen molar-refractivity contribution in [1.29, 1.82) is 0 Å². The lowest BCUT2D eigenvalue weighted by molar-refractivity contribution is 0.179. The van der Waals surface area contributed by atoms with E-state index in [0.29, 0.717) is 0 Å². The van der Waals surface area contributed by atoms with Crippen LogP contribution >= 0.6 is 0 Å². The first kappa shape index (κ1) is 15.0. The summed E-state index contributed by atoms with van der Waals surface area (Å²) in [6, 6.07) is 0.747. The van der Waals surface area contributed by atoms with Crippen LogP contribution in [0.3, 0.4) is 0 Å². The van der Waals surface area contributed by atoms with E-state index in [4.69, 9.17) is 0 Å². The van der Waals surface area contributed by atoms with Crippen LogP contribution in [0.15, 0.2) is 0 Å². The zero-order chi connectivity index (χ0) is 12.5. The van der Waals surface area contributed by atoms with Gasteiger partial charge in [0.2, 0.25) is 0 Å². The van der Waals surface area contributed by atoms with E-state index < -0.39 is 0 Å². The van der Waals surface area contributed by atoms with E-state index in [1.807, 2.05) is 0 Å². The second-order valence-corrected chi connectivity index (χ2v) is 5.75. The molecule has 0 spiro atoms. The molecule has 0 bridgehead atoms. The second kappa shape index (κ2) is 8.93. The smallest absolute Gasteiger partial charge is 0.00649 e. The molecule has 2 nitrogen and oxygen atoms in total. The monoisotopic (exact) mass is 240 g/mol. The zero-order valence-corrected chi connectivity index (χ0v) is 12.2. The summed E-state index contributed by atoms with van der Waals surface area (Å²) in [5, 5.41) is 3.65. The van der Waals surface area contributed by atoms with Gasteiger partial charge in [0, 0.05) is 12.6 Å². The van der Waals surface area contributed by atoms with E-state index in [9.17, 15) is 0 Å². The van der Waals surface area contributed by atoms with Gasteiger partial charge >= 0.3 is 0 Å².